The number of para-hydroxylation sites is 1. The molecular formula is C18H22N4O3. The van der Waals surface area contributed by atoms with E-state index in [-0.39, 0.29) is 11.8 Å². The zero-order valence-electron chi connectivity index (χ0n) is 14.7. The van der Waals surface area contributed by atoms with E-state index < -0.39 is 6.04 Å². The number of methoxy groups -OCH3 is 1. The Balaban J connectivity index is 1.73. The molecule has 0 spiro atoms. The molecule has 0 radical (unpaired) electrons. The van der Waals surface area contributed by atoms with Crippen molar-refractivity contribution < 1.29 is 14.3 Å². The van der Waals surface area contributed by atoms with Gasteiger partial charge in [0.1, 0.15) is 17.6 Å². The van der Waals surface area contributed by atoms with Crippen molar-refractivity contribution in [1.29, 1.82) is 0 Å². The summed E-state index contributed by atoms with van der Waals surface area (Å²) in [5.41, 5.74) is 1.72. The van der Waals surface area contributed by atoms with Gasteiger partial charge in [-0.15, -0.1) is 0 Å². The van der Waals surface area contributed by atoms with Gasteiger partial charge >= 0.3 is 0 Å². The molecule has 2 heterocycles. The minimum atomic E-state index is -0.614. The topological polar surface area (TPSA) is 76.5 Å². The zero-order chi connectivity index (χ0) is 18.0. The number of aromatic nitrogens is 2. The predicted octanol–water partition coefficient (Wildman–Crippen LogP) is 1.64. The first-order valence-electron chi connectivity index (χ1n) is 8.27. The lowest BCUT2D eigenvalue weighted by molar-refractivity contribution is -0.126. The van der Waals surface area contributed by atoms with Gasteiger partial charge in [0.15, 0.2) is 0 Å². The number of benzene rings is 1. The molecule has 7 heteroatoms. The minimum absolute atomic E-state index is 0.0626. The lowest BCUT2D eigenvalue weighted by atomic mass is 10.1. The Morgan fingerprint density at radius 3 is 2.92 bits per heavy atom. The van der Waals surface area contributed by atoms with Crippen LogP contribution in [-0.2, 0) is 22.7 Å². The Bertz CT molecular complexity index is 799. The number of anilines is 1. The molecule has 132 valence electrons. The van der Waals surface area contributed by atoms with Gasteiger partial charge in [-0.2, -0.15) is 5.10 Å². The predicted molar refractivity (Wildman–Crippen MR) is 93.4 cm³/mol. The van der Waals surface area contributed by atoms with Crippen LogP contribution in [0.15, 0.2) is 30.3 Å². The number of carbonyl (C=O) groups is 2. The third-order valence-electron chi connectivity index (χ3n) is 4.35. The summed E-state index contributed by atoms with van der Waals surface area (Å²) in [5.74, 6) is 1.12. The van der Waals surface area contributed by atoms with E-state index in [1.54, 1.807) is 18.7 Å². The number of aryl methyl sites for hydroxylation is 2. The highest BCUT2D eigenvalue weighted by atomic mass is 16.5. The number of amides is 2. The molecule has 1 unspecified atom stereocenters. The molecule has 2 amide bonds. The summed E-state index contributed by atoms with van der Waals surface area (Å²) >= 11 is 0. The average molecular weight is 342 g/mol. The van der Waals surface area contributed by atoms with Crippen LogP contribution >= 0.6 is 0 Å². The molecule has 1 aromatic heterocycles. The Labute approximate surface area is 146 Å². The third kappa shape index (κ3) is 3.35. The fourth-order valence-electron chi connectivity index (χ4n) is 3.05. The Kier molecular flexibility index (Phi) is 4.74. The van der Waals surface area contributed by atoms with E-state index >= 15 is 0 Å². The number of nitrogens with one attached hydrogen (secondary N) is 1. The summed E-state index contributed by atoms with van der Waals surface area (Å²) in [7, 11) is 1.60. The molecule has 0 aliphatic carbocycles. The standard InChI is InChI=1S/C18H22N4O3/c1-12-10-16-21(20-12)9-8-17(23)22(16)13(2)18(24)19-11-14-6-4-5-7-15(14)25-3/h4-7,10,13H,8-9,11H2,1-3H3,(H,19,24). The molecule has 25 heavy (non-hydrogen) atoms. The van der Waals surface area contributed by atoms with Crippen molar-refractivity contribution in [3.8, 4) is 5.75 Å². The van der Waals surface area contributed by atoms with Gasteiger partial charge in [0.05, 0.1) is 19.3 Å². The van der Waals surface area contributed by atoms with Gasteiger partial charge in [-0.25, -0.2) is 4.68 Å². The molecule has 0 saturated heterocycles. The van der Waals surface area contributed by atoms with Crippen LogP contribution < -0.4 is 15.0 Å². The maximum Gasteiger partial charge on any atom is 0.243 e. The smallest absolute Gasteiger partial charge is 0.243 e. The lowest BCUT2D eigenvalue weighted by Crippen LogP contribution is -2.50. The van der Waals surface area contributed by atoms with Crippen LogP contribution in [0.2, 0.25) is 0 Å². The number of hydrogen-bond donors (Lipinski definition) is 1. The van der Waals surface area contributed by atoms with E-state index in [9.17, 15) is 9.59 Å². The van der Waals surface area contributed by atoms with E-state index in [1.807, 2.05) is 37.3 Å². The molecule has 1 atom stereocenters. The Hall–Kier alpha value is -2.83. The summed E-state index contributed by atoms with van der Waals surface area (Å²) < 4.78 is 7.07. The number of ether oxygens (including phenoxy) is 1. The maximum absolute atomic E-state index is 12.6. The van der Waals surface area contributed by atoms with Gasteiger partial charge in [0.2, 0.25) is 11.8 Å². The summed E-state index contributed by atoms with van der Waals surface area (Å²) in [4.78, 5) is 26.5. The second-order valence-electron chi connectivity index (χ2n) is 6.09. The van der Waals surface area contributed by atoms with Crippen molar-refractivity contribution >= 4 is 17.6 Å². The van der Waals surface area contributed by atoms with E-state index in [1.165, 1.54) is 4.90 Å². The van der Waals surface area contributed by atoms with Crippen molar-refractivity contribution in [3.05, 3.63) is 41.6 Å². The summed E-state index contributed by atoms with van der Waals surface area (Å²) in [6, 6.07) is 8.73. The third-order valence-corrected chi connectivity index (χ3v) is 4.35. The summed E-state index contributed by atoms with van der Waals surface area (Å²) in [5, 5.41) is 7.25. The average Bonchev–Trinajstić information content (AvgIpc) is 2.99. The lowest BCUT2D eigenvalue weighted by Gasteiger charge is -2.31. The monoisotopic (exact) mass is 342 g/mol. The highest BCUT2D eigenvalue weighted by molar-refractivity contribution is 6.00. The van der Waals surface area contributed by atoms with E-state index in [2.05, 4.69) is 10.4 Å². The number of nitrogens with zero attached hydrogens (tertiary/aromatic N) is 3. The van der Waals surface area contributed by atoms with Crippen LogP contribution in [-0.4, -0.2) is 34.7 Å². The second-order valence-corrected chi connectivity index (χ2v) is 6.09. The maximum atomic E-state index is 12.6. The molecule has 1 aliphatic heterocycles. The van der Waals surface area contributed by atoms with Crippen LogP contribution in [0.5, 0.6) is 5.75 Å². The van der Waals surface area contributed by atoms with E-state index in [4.69, 9.17) is 4.74 Å². The van der Waals surface area contributed by atoms with Crippen molar-refractivity contribution in [2.45, 2.75) is 39.4 Å². The largest absolute Gasteiger partial charge is 0.496 e. The van der Waals surface area contributed by atoms with Crippen molar-refractivity contribution in [3.63, 3.8) is 0 Å². The number of carbonyl (C=O) groups excluding carboxylic acids is 2. The Morgan fingerprint density at radius 1 is 1.40 bits per heavy atom. The zero-order valence-corrected chi connectivity index (χ0v) is 14.7. The van der Waals surface area contributed by atoms with Gasteiger partial charge in [-0.3, -0.25) is 14.5 Å². The molecule has 1 aromatic carbocycles. The van der Waals surface area contributed by atoms with Gasteiger partial charge in [-0.1, -0.05) is 18.2 Å². The number of fused-ring (bicyclic) bond motifs is 1. The molecular weight excluding hydrogens is 320 g/mol. The fraction of sp³-hybridized carbons (Fsp3) is 0.389. The normalized spacial score (nSPS) is 14.8. The Morgan fingerprint density at radius 2 is 2.16 bits per heavy atom. The highest BCUT2D eigenvalue weighted by Crippen LogP contribution is 2.25. The van der Waals surface area contributed by atoms with E-state index in [0.717, 1.165) is 17.0 Å². The molecule has 1 N–H and O–H groups in total. The SMILES string of the molecule is COc1ccccc1CNC(=O)C(C)N1C(=O)CCn2nc(C)cc21. The van der Waals surface area contributed by atoms with Gasteiger partial charge in [-0.05, 0) is 19.9 Å². The second kappa shape index (κ2) is 6.96. The molecule has 3 rings (SSSR count). The molecule has 2 aromatic rings. The number of hydrogen-bond acceptors (Lipinski definition) is 4. The first kappa shape index (κ1) is 17.0. The molecule has 7 nitrogen and oxygen atoms in total. The summed E-state index contributed by atoms with van der Waals surface area (Å²) in [6.45, 7) is 4.50. The fourth-order valence-corrected chi connectivity index (χ4v) is 3.05. The minimum Gasteiger partial charge on any atom is -0.496 e. The number of rotatable bonds is 5. The molecule has 1 aliphatic rings. The van der Waals surface area contributed by atoms with Gasteiger partial charge in [0.25, 0.3) is 0 Å². The van der Waals surface area contributed by atoms with Gasteiger partial charge in [0, 0.05) is 24.6 Å². The van der Waals surface area contributed by atoms with Crippen LogP contribution in [0.4, 0.5) is 5.82 Å². The molecule has 0 fully saturated rings. The van der Waals surface area contributed by atoms with Crippen molar-refractivity contribution in [2.75, 3.05) is 12.0 Å². The summed E-state index contributed by atoms with van der Waals surface area (Å²) in [6.07, 6.45) is 0.345. The molecule has 0 bridgehead atoms. The van der Waals surface area contributed by atoms with Gasteiger partial charge < -0.3 is 10.1 Å². The van der Waals surface area contributed by atoms with Crippen molar-refractivity contribution in [2.24, 2.45) is 0 Å². The first-order valence-corrected chi connectivity index (χ1v) is 8.27. The first-order chi connectivity index (χ1) is 12.0. The quantitative estimate of drug-likeness (QED) is 0.896. The van der Waals surface area contributed by atoms with Crippen LogP contribution in [0, 0.1) is 6.92 Å². The highest BCUT2D eigenvalue weighted by Gasteiger charge is 2.33. The van der Waals surface area contributed by atoms with Crippen LogP contribution in [0.1, 0.15) is 24.6 Å². The van der Waals surface area contributed by atoms with Crippen LogP contribution in [0.25, 0.3) is 0 Å². The van der Waals surface area contributed by atoms with Crippen LogP contribution in [0.3, 0.4) is 0 Å². The van der Waals surface area contributed by atoms with E-state index in [0.29, 0.717) is 25.3 Å². The van der Waals surface area contributed by atoms with Crippen molar-refractivity contribution in [1.82, 2.24) is 15.1 Å². The molecule has 0 saturated carbocycles.